The standard InChI is InChI=1S/C20H28N2O2/c1-15-12-18(23-2)17(16-4-8-21-19(15)16)13-22-9-6-20(7-10-22)5-3-11-24-14-20/h4,8,12,21H,3,5-7,9-11,13-14H2,1-2H3. The van der Waals surface area contributed by atoms with E-state index in [-0.39, 0.29) is 0 Å². The van der Waals surface area contributed by atoms with Gasteiger partial charge in [-0.05, 0) is 68.8 Å². The van der Waals surface area contributed by atoms with E-state index in [4.69, 9.17) is 9.47 Å². The van der Waals surface area contributed by atoms with Crippen LogP contribution in [0.4, 0.5) is 0 Å². The van der Waals surface area contributed by atoms with E-state index >= 15 is 0 Å². The van der Waals surface area contributed by atoms with Gasteiger partial charge in [0.15, 0.2) is 0 Å². The van der Waals surface area contributed by atoms with Crippen molar-refractivity contribution in [1.29, 1.82) is 0 Å². The molecule has 4 nitrogen and oxygen atoms in total. The summed E-state index contributed by atoms with van der Waals surface area (Å²) in [5.74, 6) is 1.01. The molecule has 1 aromatic heterocycles. The van der Waals surface area contributed by atoms with Crippen LogP contribution < -0.4 is 4.74 Å². The Morgan fingerprint density at radius 1 is 1.29 bits per heavy atom. The van der Waals surface area contributed by atoms with Crippen molar-refractivity contribution in [2.75, 3.05) is 33.4 Å². The van der Waals surface area contributed by atoms with Crippen LogP contribution in [0.2, 0.25) is 0 Å². The average molecular weight is 328 g/mol. The summed E-state index contributed by atoms with van der Waals surface area (Å²) in [6.07, 6.45) is 7.13. The highest BCUT2D eigenvalue weighted by molar-refractivity contribution is 5.88. The van der Waals surface area contributed by atoms with E-state index in [1.807, 2.05) is 6.20 Å². The lowest BCUT2D eigenvalue weighted by atomic mass is 9.74. The number of fused-ring (bicyclic) bond motifs is 1. The Morgan fingerprint density at radius 3 is 2.83 bits per heavy atom. The van der Waals surface area contributed by atoms with Gasteiger partial charge in [-0.3, -0.25) is 4.90 Å². The number of H-pyrrole nitrogens is 1. The first kappa shape index (κ1) is 16.0. The Balaban J connectivity index is 1.53. The van der Waals surface area contributed by atoms with Crippen molar-refractivity contribution in [3.63, 3.8) is 0 Å². The van der Waals surface area contributed by atoms with Crippen molar-refractivity contribution in [3.05, 3.63) is 29.5 Å². The SMILES string of the molecule is COc1cc(C)c2[nH]ccc2c1CN1CCC2(CCCOC2)CC1. The lowest BCUT2D eigenvalue weighted by Crippen LogP contribution is -2.43. The number of nitrogens with zero attached hydrogens (tertiary/aromatic N) is 1. The smallest absolute Gasteiger partial charge is 0.124 e. The van der Waals surface area contributed by atoms with Crippen LogP contribution in [0.1, 0.15) is 36.8 Å². The number of hydrogen-bond donors (Lipinski definition) is 1. The molecule has 0 bridgehead atoms. The van der Waals surface area contributed by atoms with Crippen molar-refractivity contribution in [1.82, 2.24) is 9.88 Å². The lowest BCUT2D eigenvalue weighted by molar-refractivity contribution is -0.0436. The largest absolute Gasteiger partial charge is 0.496 e. The molecule has 2 aliphatic rings. The van der Waals surface area contributed by atoms with E-state index in [9.17, 15) is 0 Å². The quantitative estimate of drug-likeness (QED) is 0.929. The average Bonchev–Trinajstić information content (AvgIpc) is 3.10. The first-order valence-corrected chi connectivity index (χ1v) is 9.14. The van der Waals surface area contributed by atoms with Gasteiger partial charge >= 0.3 is 0 Å². The van der Waals surface area contributed by atoms with E-state index in [2.05, 4.69) is 28.9 Å². The van der Waals surface area contributed by atoms with Gasteiger partial charge in [-0.2, -0.15) is 0 Å². The van der Waals surface area contributed by atoms with Crippen molar-refractivity contribution < 1.29 is 9.47 Å². The van der Waals surface area contributed by atoms with E-state index in [0.29, 0.717) is 5.41 Å². The van der Waals surface area contributed by atoms with Crippen LogP contribution in [-0.4, -0.2) is 43.3 Å². The summed E-state index contributed by atoms with van der Waals surface area (Å²) in [4.78, 5) is 5.96. The maximum atomic E-state index is 5.77. The third kappa shape index (κ3) is 2.82. The minimum Gasteiger partial charge on any atom is -0.496 e. The molecule has 24 heavy (non-hydrogen) atoms. The van der Waals surface area contributed by atoms with Crippen LogP contribution in [0, 0.1) is 12.3 Å². The summed E-state index contributed by atoms with van der Waals surface area (Å²) in [7, 11) is 1.78. The molecule has 1 spiro atoms. The Morgan fingerprint density at radius 2 is 2.12 bits per heavy atom. The number of benzene rings is 1. The maximum Gasteiger partial charge on any atom is 0.124 e. The number of ether oxygens (including phenoxy) is 2. The van der Waals surface area contributed by atoms with Crippen molar-refractivity contribution >= 4 is 10.9 Å². The van der Waals surface area contributed by atoms with Gasteiger partial charge in [0, 0.05) is 35.8 Å². The zero-order valence-corrected chi connectivity index (χ0v) is 14.9. The van der Waals surface area contributed by atoms with E-state index in [1.54, 1.807) is 7.11 Å². The predicted molar refractivity (Wildman–Crippen MR) is 96.6 cm³/mol. The summed E-state index contributed by atoms with van der Waals surface area (Å²) in [5, 5.41) is 1.30. The number of rotatable bonds is 3. The highest BCUT2D eigenvalue weighted by Crippen LogP contribution is 2.40. The molecule has 1 aromatic carbocycles. The molecule has 0 saturated carbocycles. The third-order valence-corrected chi connectivity index (χ3v) is 6.03. The second-order valence-corrected chi connectivity index (χ2v) is 7.57. The Bertz CT molecular complexity index is 706. The first-order valence-electron chi connectivity index (χ1n) is 9.14. The fourth-order valence-electron chi connectivity index (χ4n) is 4.49. The van der Waals surface area contributed by atoms with Crippen molar-refractivity contribution in [2.24, 2.45) is 5.41 Å². The number of likely N-dealkylation sites (tertiary alicyclic amines) is 1. The predicted octanol–water partition coefficient (Wildman–Crippen LogP) is 3.88. The number of nitrogens with one attached hydrogen (secondary N) is 1. The molecule has 3 heterocycles. The van der Waals surface area contributed by atoms with Crippen LogP contribution in [0.15, 0.2) is 18.3 Å². The van der Waals surface area contributed by atoms with Gasteiger partial charge in [-0.1, -0.05) is 0 Å². The minimum atomic E-state index is 0.454. The number of hydrogen-bond acceptors (Lipinski definition) is 3. The number of aryl methyl sites for hydroxylation is 1. The zero-order valence-electron chi connectivity index (χ0n) is 14.9. The summed E-state index contributed by atoms with van der Waals surface area (Å²) in [6.45, 7) is 7.35. The molecule has 2 fully saturated rings. The van der Waals surface area contributed by atoms with Crippen LogP contribution in [0.25, 0.3) is 10.9 Å². The number of aromatic nitrogens is 1. The topological polar surface area (TPSA) is 37.5 Å². The summed E-state index contributed by atoms with van der Waals surface area (Å²) < 4.78 is 11.5. The first-order chi connectivity index (χ1) is 11.7. The molecule has 0 radical (unpaired) electrons. The zero-order chi connectivity index (χ0) is 16.6. The molecule has 1 N–H and O–H groups in total. The van der Waals surface area contributed by atoms with Gasteiger partial charge in [0.2, 0.25) is 0 Å². The van der Waals surface area contributed by atoms with Gasteiger partial charge < -0.3 is 14.5 Å². The monoisotopic (exact) mass is 328 g/mol. The lowest BCUT2D eigenvalue weighted by Gasteiger charge is -2.44. The maximum absolute atomic E-state index is 5.77. The van der Waals surface area contributed by atoms with Crippen LogP contribution in [0.5, 0.6) is 5.75 Å². The molecular weight excluding hydrogens is 300 g/mol. The van der Waals surface area contributed by atoms with Crippen LogP contribution in [0.3, 0.4) is 0 Å². The van der Waals surface area contributed by atoms with Gasteiger partial charge in [-0.15, -0.1) is 0 Å². The molecule has 2 saturated heterocycles. The second-order valence-electron chi connectivity index (χ2n) is 7.57. The molecule has 4 rings (SSSR count). The molecule has 0 atom stereocenters. The molecule has 0 aliphatic carbocycles. The van der Waals surface area contributed by atoms with E-state index in [1.165, 1.54) is 47.7 Å². The van der Waals surface area contributed by atoms with Crippen LogP contribution in [-0.2, 0) is 11.3 Å². The van der Waals surface area contributed by atoms with Gasteiger partial charge in [0.05, 0.1) is 13.7 Å². The van der Waals surface area contributed by atoms with Gasteiger partial charge in [0.25, 0.3) is 0 Å². The summed E-state index contributed by atoms with van der Waals surface area (Å²) in [5.41, 5.74) is 4.25. The second kappa shape index (κ2) is 6.41. The molecule has 130 valence electrons. The number of piperidine rings is 1. The molecular formula is C20H28N2O2. The highest BCUT2D eigenvalue weighted by Gasteiger charge is 2.36. The summed E-state index contributed by atoms with van der Waals surface area (Å²) >= 11 is 0. The van der Waals surface area contributed by atoms with Crippen molar-refractivity contribution in [2.45, 2.75) is 39.2 Å². The third-order valence-electron chi connectivity index (χ3n) is 6.03. The minimum absolute atomic E-state index is 0.454. The Kier molecular flexibility index (Phi) is 4.27. The van der Waals surface area contributed by atoms with Gasteiger partial charge in [0.1, 0.15) is 5.75 Å². The van der Waals surface area contributed by atoms with Gasteiger partial charge in [-0.25, -0.2) is 0 Å². The summed E-state index contributed by atoms with van der Waals surface area (Å²) in [6, 6.07) is 4.34. The van der Waals surface area contributed by atoms with E-state index < -0.39 is 0 Å². The molecule has 2 aliphatic heterocycles. The number of methoxy groups -OCH3 is 1. The highest BCUT2D eigenvalue weighted by atomic mass is 16.5. The fraction of sp³-hybridized carbons (Fsp3) is 0.600. The number of aromatic amines is 1. The Labute approximate surface area is 144 Å². The molecule has 4 heteroatoms. The molecule has 0 unspecified atom stereocenters. The molecule has 0 amide bonds. The fourth-order valence-corrected chi connectivity index (χ4v) is 4.49. The van der Waals surface area contributed by atoms with Crippen LogP contribution >= 0.6 is 0 Å². The van der Waals surface area contributed by atoms with E-state index in [0.717, 1.165) is 38.6 Å². The molecule has 2 aromatic rings. The van der Waals surface area contributed by atoms with Crippen molar-refractivity contribution in [3.8, 4) is 5.75 Å². The Hall–Kier alpha value is -1.52. The normalized spacial score (nSPS) is 21.4.